The molecule has 2 aliphatic carbocycles. The van der Waals surface area contributed by atoms with Gasteiger partial charge < -0.3 is 9.88 Å². The van der Waals surface area contributed by atoms with E-state index in [2.05, 4.69) is 9.88 Å². The van der Waals surface area contributed by atoms with Gasteiger partial charge in [-0.1, -0.05) is 18.2 Å². The topological polar surface area (TPSA) is 69.3 Å². The number of amides is 1. The van der Waals surface area contributed by atoms with Gasteiger partial charge in [0, 0.05) is 37.0 Å². The number of nitrogens with zero attached hydrogens (tertiary/aromatic N) is 3. The highest BCUT2D eigenvalue weighted by Crippen LogP contribution is 2.49. The number of nitrogens with one attached hydrogen (secondary N) is 1. The van der Waals surface area contributed by atoms with Crippen LogP contribution in [-0.2, 0) is 24.2 Å². The minimum atomic E-state index is -0.215. The Bertz CT molecular complexity index is 1280. The van der Waals surface area contributed by atoms with Gasteiger partial charge in [0.05, 0.1) is 11.9 Å². The fraction of sp³-hybridized carbons (Fsp3) is 0.480. The van der Waals surface area contributed by atoms with E-state index in [-0.39, 0.29) is 29.1 Å². The second-order valence-electron chi connectivity index (χ2n) is 9.48. The number of aromatic amines is 1. The third kappa shape index (κ3) is 3.89. The van der Waals surface area contributed by atoms with Crippen LogP contribution in [-0.4, -0.2) is 51.9 Å². The van der Waals surface area contributed by atoms with Gasteiger partial charge in [-0.15, -0.1) is 11.3 Å². The van der Waals surface area contributed by atoms with E-state index in [1.165, 1.54) is 22.9 Å². The molecule has 1 N–H and O–H groups in total. The molecule has 172 valence electrons. The van der Waals surface area contributed by atoms with Crippen LogP contribution in [0.3, 0.4) is 0 Å². The fourth-order valence-electron chi connectivity index (χ4n) is 5.44. The highest BCUT2D eigenvalue weighted by atomic mass is 32.1. The van der Waals surface area contributed by atoms with Crippen molar-refractivity contribution in [2.45, 2.75) is 44.6 Å². The summed E-state index contributed by atoms with van der Waals surface area (Å²) in [5.74, 6) is 0.536. The van der Waals surface area contributed by atoms with Crippen LogP contribution in [0.4, 0.5) is 4.39 Å². The number of piperazine rings is 1. The Morgan fingerprint density at radius 2 is 1.94 bits per heavy atom. The summed E-state index contributed by atoms with van der Waals surface area (Å²) in [6.07, 6.45) is 5.10. The molecule has 3 heterocycles. The number of fused-ring (bicyclic) bond motifs is 3. The molecule has 0 radical (unpaired) electrons. The lowest BCUT2D eigenvalue weighted by Crippen LogP contribution is -2.49. The molecule has 2 aromatic heterocycles. The molecule has 6 rings (SSSR count). The Balaban J connectivity index is 1.08. The molecule has 3 aromatic rings. The first kappa shape index (κ1) is 21.0. The zero-order chi connectivity index (χ0) is 22.5. The Morgan fingerprint density at radius 3 is 2.76 bits per heavy atom. The van der Waals surface area contributed by atoms with Crippen LogP contribution >= 0.6 is 11.3 Å². The molecule has 1 saturated carbocycles. The third-order valence-corrected chi connectivity index (χ3v) is 8.53. The molecule has 1 aliphatic heterocycles. The molecule has 33 heavy (non-hydrogen) atoms. The van der Waals surface area contributed by atoms with Gasteiger partial charge in [-0.05, 0) is 55.2 Å². The summed E-state index contributed by atoms with van der Waals surface area (Å²) >= 11 is 1.67. The predicted molar refractivity (Wildman–Crippen MR) is 126 cm³/mol. The minimum absolute atomic E-state index is 0.00866. The number of carbonyl (C=O) groups is 1. The molecule has 1 saturated heterocycles. The second-order valence-corrected chi connectivity index (χ2v) is 10.6. The van der Waals surface area contributed by atoms with Crippen molar-refractivity contribution in [1.82, 2.24) is 19.8 Å². The van der Waals surface area contributed by atoms with Gasteiger partial charge in [-0.25, -0.2) is 9.37 Å². The van der Waals surface area contributed by atoms with E-state index in [1.807, 2.05) is 11.0 Å². The second kappa shape index (κ2) is 8.33. The number of hydrogen-bond donors (Lipinski definition) is 1. The van der Waals surface area contributed by atoms with E-state index in [4.69, 9.17) is 4.98 Å². The van der Waals surface area contributed by atoms with Gasteiger partial charge in [0.15, 0.2) is 0 Å². The predicted octanol–water partition coefficient (Wildman–Crippen LogP) is 3.45. The zero-order valence-electron chi connectivity index (χ0n) is 18.5. The van der Waals surface area contributed by atoms with Crippen LogP contribution in [0.1, 0.15) is 47.0 Å². The van der Waals surface area contributed by atoms with Gasteiger partial charge in [0.1, 0.15) is 16.5 Å². The molecular weight excluding hydrogens is 439 g/mol. The first-order valence-electron chi connectivity index (χ1n) is 11.9. The van der Waals surface area contributed by atoms with Crippen LogP contribution in [0, 0.1) is 11.7 Å². The van der Waals surface area contributed by atoms with E-state index in [0.717, 1.165) is 49.0 Å². The number of thiophene rings is 1. The first-order chi connectivity index (χ1) is 16.1. The molecule has 1 amide bonds. The average molecular weight is 467 g/mol. The summed E-state index contributed by atoms with van der Waals surface area (Å²) in [5, 5.41) is 0.794. The Hall–Kier alpha value is -2.58. The summed E-state index contributed by atoms with van der Waals surface area (Å²) in [6, 6.07) is 6.77. The van der Waals surface area contributed by atoms with Crippen LogP contribution in [0.15, 0.2) is 29.1 Å². The van der Waals surface area contributed by atoms with Gasteiger partial charge in [-0.3, -0.25) is 14.5 Å². The minimum Gasteiger partial charge on any atom is -0.340 e. The number of rotatable bonds is 4. The van der Waals surface area contributed by atoms with Crippen molar-refractivity contribution in [2.75, 3.05) is 26.2 Å². The summed E-state index contributed by atoms with van der Waals surface area (Å²) in [7, 11) is 0. The summed E-state index contributed by atoms with van der Waals surface area (Å²) in [6.45, 7) is 3.37. The molecule has 0 spiro atoms. The summed E-state index contributed by atoms with van der Waals surface area (Å²) in [5.41, 5.74) is 1.86. The summed E-state index contributed by atoms with van der Waals surface area (Å²) in [4.78, 5) is 39.8. The van der Waals surface area contributed by atoms with E-state index >= 15 is 0 Å². The van der Waals surface area contributed by atoms with Crippen LogP contribution < -0.4 is 5.56 Å². The number of aromatic nitrogens is 2. The van der Waals surface area contributed by atoms with E-state index in [0.29, 0.717) is 31.0 Å². The number of halogens is 1. The number of hydrogen-bond acceptors (Lipinski definition) is 5. The van der Waals surface area contributed by atoms with Crippen molar-refractivity contribution in [3.05, 3.63) is 62.3 Å². The Kier molecular flexibility index (Phi) is 5.30. The highest BCUT2D eigenvalue weighted by molar-refractivity contribution is 7.18. The maximum atomic E-state index is 14.0. The molecule has 2 unspecified atom stereocenters. The van der Waals surface area contributed by atoms with Gasteiger partial charge >= 0.3 is 0 Å². The maximum Gasteiger partial charge on any atom is 0.259 e. The Labute approximate surface area is 195 Å². The average Bonchev–Trinajstić information content (AvgIpc) is 3.52. The molecule has 8 heteroatoms. The SMILES string of the molecule is O=C(C1CC1c1ccccc1F)N1CCN(Cc2nc3sc4c(c3c(=O)[nH]2)CCCC4)CC1. The number of carbonyl (C=O) groups excluding carboxylic acids is 1. The van der Waals surface area contributed by atoms with Crippen molar-refractivity contribution in [3.8, 4) is 0 Å². The van der Waals surface area contributed by atoms with Crippen molar-refractivity contribution in [2.24, 2.45) is 5.92 Å². The zero-order valence-corrected chi connectivity index (χ0v) is 19.3. The molecule has 2 fully saturated rings. The fourth-order valence-corrected chi connectivity index (χ4v) is 6.72. The monoisotopic (exact) mass is 466 g/mol. The molecular formula is C25H27FN4O2S. The lowest BCUT2D eigenvalue weighted by Gasteiger charge is -2.34. The Morgan fingerprint density at radius 1 is 1.15 bits per heavy atom. The van der Waals surface area contributed by atoms with E-state index in [1.54, 1.807) is 23.5 Å². The van der Waals surface area contributed by atoms with Crippen LogP contribution in [0.5, 0.6) is 0 Å². The van der Waals surface area contributed by atoms with Gasteiger partial charge in [-0.2, -0.15) is 0 Å². The van der Waals surface area contributed by atoms with E-state index < -0.39 is 0 Å². The van der Waals surface area contributed by atoms with Crippen molar-refractivity contribution in [1.29, 1.82) is 0 Å². The molecule has 0 bridgehead atoms. The van der Waals surface area contributed by atoms with Gasteiger partial charge in [0.2, 0.25) is 5.91 Å². The molecule has 1 aromatic carbocycles. The molecule has 2 atom stereocenters. The lowest BCUT2D eigenvalue weighted by molar-refractivity contribution is -0.134. The quantitative estimate of drug-likeness (QED) is 0.640. The number of benzene rings is 1. The standard InChI is InChI=1S/C25H27FN4O2S/c26-19-7-3-1-5-15(19)17-13-18(17)25(32)30-11-9-29(10-12-30)14-21-27-23(31)22-16-6-2-4-8-20(16)33-24(22)28-21/h1,3,5,7,17-18H,2,4,6,8-14H2,(H,27,28,31). The van der Waals surface area contributed by atoms with Crippen LogP contribution in [0.2, 0.25) is 0 Å². The third-order valence-electron chi connectivity index (χ3n) is 7.34. The molecule has 6 nitrogen and oxygen atoms in total. The number of H-pyrrole nitrogens is 1. The van der Waals surface area contributed by atoms with Crippen molar-refractivity contribution in [3.63, 3.8) is 0 Å². The first-order valence-corrected chi connectivity index (χ1v) is 12.7. The van der Waals surface area contributed by atoms with Crippen LogP contribution in [0.25, 0.3) is 10.2 Å². The summed E-state index contributed by atoms with van der Waals surface area (Å²) < 4.78 is 14.0. The van der Waals surface area contributed by atoms with E-state index in [9.17, 15) is 14.0 Å². The normalized spacial score (nSPS) is 23.0. The maximum absolute atomic E-state index is 14.0. The smallest absolute Gasteiger partial charge is 0.259 e. The number of aryl methyl sites for hydroxylation is 2. The lowest BCUT2D eigenvalue weighted by atomic mass is 9.97. The molecule has 3 aliphatic rings. The van der Waals surface area contributed by atoms with Crippen molar-refractivity contribution >= 4 is 27.5 Å². The highest BCUT2D eigenvalue weighted by Gasteiger charge is 2.47. The van der Waals surface area contributed by atoms with Crippen molar-refractivity contribution < 1.29 is 9.18 Å². The largest absolute Gasteiger partial charge is 0.340 e. The van der Waals surface area contributed by atoms with Gasteiger partial charge in [0.25, 0.3) is 5.56 Å².